The van der Waals surface area contributed by atoms with Crippen molar-refractivity contribution in [1.29, 1.82) is 0 Å². The molecule has 108 valence electrons. The lowest BCUT2D eigenvalue weighted by Gasteiger charge is -2.32. The highest BCUT2D eigenvalue weighted by Gasteiger charge is 2.53. The number of hydrogen-bond donors (Lipinski definition) is 2. The monoisotopic (exact) mass is 335 g/mol. The molecule has 2 bridgehead atoms. The van der Waals surface area contributed by atoms with Gasteiger partial charge in [-0.15, -0.1) is 0 Å². The molecule has 0 saturated heterocycles. The Morgan fingerprint density at radius 2 is 2.00 bits per heavy atom. The van der Waals surface area contributed by atoms with Crippen LogP contribution in [0.2, 0.25) is 0 Å². The Bertz CT molecular complexity index is 518. The molecule has 2 nitrogen and oxygen atoms in total. The van der Waals surface area contributed by atoms with E-state index in [9.17, 15) is 5.11 Å². The molecule has 0 spiro atoms. The second-order valence-electron chi connectivity index (χ2n) is 6.89. The van der Waals surface area contributed by atoms with Gasteiger partial charge in [0.1, 0.15) is 5.75 Å². The molecule has 3 aliphatic carbocycles. The summed E-state index contributed by atoms with van der Waals surface area (Å²) in [7, 11) is 0. The van der Waals surface area contributed by atoms with Gasteiger partial charge in [-0.3, -0.25) is 0 Å². The van der Waals surface area contributed by atoms with Crippen molar-refractivity contribution in [3.8, 4) is 5.75 Å². The molecule has 5 atom stereocenters. The van der Waals surface area contributed by atoms with Crippen molar-refractivity contribution in [2.75, 3.05) is 0 Å². The third-order valence-corrected chi connectivity index (χ3v) is 6.69. The van der Waals surface area contributed by atoms with Gasteiger partial charge in [0.05, 0.1) is 4.47 Å². The topological polar surface area (TPSA) is 32.3 Å². The van der Waals surface area contributed by atoms with Gasteiger partial charge >= 0.3 is 0 Å². The molecule has 0 radical (unpaired) electrons. The zero-order valence-corrected chi connectivity index (χ0v) is 13.3. The lowest BCUT2D eigenvalue weighted by atomic mass is 9.79. The highest BCUT2D eigenvalue weighted by Crippen LogP contribution is 2.58. The third kappa shape index (κ3) is 2.01. The number of benzene rings is 1. The van der Waals surface area contributed by atoms with E-state index in [2.05, 4.69) is 21.2 Å². The smallest absolute Gasteiger partial charge is 0.134 e. The molecule has 0 heterocycles. The molecular weight excluding hydrogens is 314 g/mol. The highest BCUT2D eigenvalue weighted by atomic mass is 79.9. The van der Waals surface area contributed by atoms with Crippen molar-refractivity contribution in [2.24, 2.45) is 23.7 Å². The summed E-state index contributed by atoms with van der Waals surface area (Å²) in [5.41, 5.74) is 1.00. The standard InChI is InChI=1S/C17H22BrNO/c18-15-6-1-3-10(17(15)20)9-19-16-8-11-7-14(16)13-5-2-4-12(11)13/h1,3,6,11-14,16,19-20H,2,4-5,7-9H2. The van der Waals surface area contributed by atoms with E-state index in [-0.39, 0.29) is 0 Å². The Hall–Kier alpha value is -0.540. The van der Waals surface area contributed by atoms with E-state index in [0.29, 0.717) is 11.8 Å². The molecule has 2 N–H and O–H groups in total. The lowest BCUT2D eigenvalue weighted by molar-refractivity contribution is 0.207. The average molecular weight is 336 g/mol. The molecule has 20 heavy (non-hydrogen) atoms. The van der Waals surface area contributed by atoms with Gasteiger partial charge < -0.3 is 10.4 Å². The first kappa shape index (κ1) is 13.1. The SMILES string of the molecule is Oc1c(Br)cccc1CNC1CC2CC1C1CCCC21. The first-order chi connectivity index (χ1) is 9.74. The molecule has 3 saturated carbocycles. The maximum Gasteiger partial charge on any atom is 0.134 e. The summed E-state index contributed by atoms with van der Waals surface area (Å²) in [5, 5.41) is 13.8. The van der Waals surface area contributed by atoms with Crippen LogP contribution in [0.15, 0.2) is 22.7 Å². The number of fused-ring (bicyclic) bond motifs is 5. The lowest BCUT2D eigenvalue weighted by Crippen LogP contribution is -2.38. The summed E-state index contributed by atoms with van der Waals surface area (Å²) in [6, 6.07) is 6.57. The van der Waals surface area contributed by atoms with Crippen LogP contribution in [0.25, 0.3) is 0 Å². The Morgan fingerprint density at radius 3 is 2.90 bits per heavy atom. The van der Waals surface area contributed by atoms with Crippen molar-refractivity contribution in [3.05, 3.63) is 28.2 Å². The van der Waals surface area contributed by atoms with E-state index in [1.165, 1.54) is 32.1 Å². The minimum Gasteiger partial charge on any atom is -0.506 e. The predicted molar refractivity (Wildman–Crippen MR) is 83.5 cm³/mol. The van der Waals surface area contributed by atoms with Gasteiger partial charge in [-0.25, -0.2) is 0 Å². The van der Waals surface area contributed by atoms with Gasteiger partial charge in [0.2, 0.25) is 0 Å². The number of halogens is 1. The van der Waals surface area contributed by atoms with Crippen molar-refractivity contribution in [2.45, 2.75) is 44.7 Å². The molecule has 3 aliphatic rings. The Balaban J connectivity index is 1.43. The van der Waals surface area contributed by atoms with Crippen LogP contribution in [0, 0.1) is 23.7 Å². The predicted octanol–water partition coefficient (Wildman–Crippen LogP) is 4.07. The number of para-hydroxylation sites is 1. The molecule has 3 heteroatoms. The van der Waals surface area contributed by atoms with E-state index in [4.69, 9.17) is 0 Å². The number of nitrogens with one attached hydrogen (secondary N) is 1. The van der Waals surface area contributed by atoms with Gasteiger partial charge in [-0.1, -0.05) is 18.6 Å². The second kappa shape index (κ2) is 5.03. The molecule has 4 rings (SSSR count). The molecule has 1 aromatic carbocycles. The zero-order chi connectivity index (χ0) is 13.7. The summed E-state index contributed by atoms with van der Waals surface area (Å²) in [5.74, 6) is 4.34. The Morgan fingerprint density at radius 1 is 1.15 bits per heavy atom. The number of phenols is 1. The van der Waals surface area contributed by atoms with E-state index in [1.807, 2.05) is 18.2 Å². The van der Waals surface area contributed by atoms with Crippen LogP contribution in [0.1, 0.15) is 37.7 Å². The maximum atomic E-state index is 10.1. The fraction of sp³-hybridized carbons (Fsp3) is 0.647. The quantitative estimate of drug-likeness (QED) is 0.872. The van der Waals surface area contributed by atoms with Crippen molar-refractivity contribution in [1.82, 2.24) is 5.32 Å². The molecule has 5 unspecified atom stereocenters. The summed E-state index contributed by atoms with van der Waals surface area (Å²) in [6.45, 7) is 0.788. The number of aromatic hydroxyl groups is 1. The summed E-state index contributed by atoms with van der Waals surface area (Å²) in [6.07, 6.45) is 7.23. The van der Waals surface area contributed by atoms with Crippen LogP contribution in [-0.2, 0) is 6.54 Å². The van der Waals surface area contributed by atoms with E-state index in [0.717, 1.165) is 40.3 Å². The maximum absolute atomic E-state index is 10.1. The minimum absolute atomic E-state index is 0.391. The summed E-state index contributed by atoms with van der Waals surface area (Å²) < 4.78 is 0.792. The van der Waals surface area contributed by atoms with Crippen LogP contribution in [-0.4, -0.2) is 11.1 Å². The van der Waals surface area contributed by atoms with Crippen molar-refractivity contribution in [3.63, 3.8) is 0 Å². The normalized spacial score (nSPS) is 38.4. The third-order valence-electron chi connectivity index (χ3n) is 6.05. The average Bonchev–Trinajstić information content (AvgIpc) is 3.11. The minimum atomic E-state index is 0.391. The van der Waals surface area contributed by atoms with Gasteiger partial charge in [-0.05, 0) is 71.4 Å². The number of phenolic OH excluding ortho intramolecular Hbond substituents is 1. The van der Waals surface area contributed by atoms with Gasteiger partial charge in [0.25, 0.3) is 0 Å². The Labute approximate surface area is 129 Å². The second-order valence-corrected chi connectivity index (χ2v) is 7.74. The number of rotatable bonds is 3. The first-order valence-corrected chi connectivity index (χ1v) is 8.73. The van der Waals surface area contributed by atoms with Crippen LogP contribution in [0.5, 0.6) is 5.75 Å². The highest BCUT2D eigenvalue weighted by molar-refractivity contribution is 9.10. The number of hydrogen-bond acceptors (Lipinski definition) is 2. The van der Waals surface area contributed by atoms with Gasteiger partial charge in [-0.2, -0.15) is 0 Å². The molecular formula is C17H22BrNO. The van der Waals surface area contributed by atoms with Crippen molar-refractivity contribution < 1.29 is 5.11 Å². The van der Waals surface area contributed by atoms with Gasteiger partial charge in [0.15, 0.2) is 0 Å². The van der Waals surface area contributed by atoms with Gasteiger partial charge in [0, 0.05) is 18.2 Å². The molecule has 0 aliphatic heterocycles. The molecule has 3 fully saturated rings. The van der Waals surface area contributed by atoms with Crippen molar-refractivity contribution >= 4 is 15.9 Å². The zero-order valence-electron chi connectivity index (χ0n) is 11.7. The molecule has 0 aromatic heterocycles. The fourth-order valence-corrected chi connectivity index (χ4v) is 5.65. The van der Waals surface area contributed by atoms with E-state index >= 15 is 0 Å². The molecule has 1 aromatic rings. The molecule has 0 amide bonds. The summed E-state index contributed by atoms with van der Waals surface area (Å²) in [4.78, 5) is 0. The van der Waals surface area contributed by atoms with E-state index < -0.39 is 0 Å². The fourth-order valence-electron chi connectivity index (χ4n) is 5.25. The van der Waals surface area contributed by atoms with Crippen LogP contribution in [0.4, 0.5) is 0 Å². The van der Waals surface area contributed by atoms with Crippen LogP contribution in [0.3, 0.4) is 0 Å². The van der Waals surface area contributed by atoms with Crippen LogP contribution >= 0.6 is 15.9 Å². The van der Waals surface area contributed by atoms with Crippen LogP contribution < -0.4 is 5.32 Å². The summed E-state index contributed by atoms with van der Waals surface area (Å²) >= 11 is 3.39. The largest absolute Gasteiger partial charge is 0.506 e. The van der Waals surface area contributed by atoms with E-state index in [1.54, 1.807) is 0 Å². The Kier molecular flexibility index (Phi) is 3.30. The first-order valence-electron chi connectivity index (χ1n) is 7.94.